The Labute approximate surface area is 105 Å². The van der Waals surface area contributed by atoms with Crippen molar-refractivity contribution in [3.05, 3.63) is 33.8 Å². The Bertz CT molecular complexity index is 403. The van der Waals surface area contributed by atoms with Crippen LogP contribution in [-0.2, 0) is 17.6 Å². The van der Waals surface area contributed by atoms with E-state index in [0.717, 1.165) is 30.4 Å². The highest BCUT2D eigenvalue weighted by Crippen LogP contribution is 2.20. The van der Waals surface area contributed by atoms with Gasteiger partial charge < -0.3 is 4.90 Å². The predicted octanol–water partition coefficient (Wildman–Crippen LogP) is 2.79. The van der Waals surface area contributed by atoms with Gasteiger partial charge in [-0.05, 0) is 36.1 Å². The molecular weight excluding hydrogens is 266 g/mol. The topological polar surface area (TPSA) is 20.3 Å². The Morgan fingerprint density at radius 3 is 2.69 bits per heavy atom. The van der Waals surface area contributed by atoms with E-state index in [9.17, 15) is 4.79 Å². The summed E-state index contributed by atoms with van der Waals surface area (Å²) in [6, 6.07) is 6.42. The first kappa shape index (κ1) is 11.6. The molecule has 2 rings (SSSR count). The molecule has 0 atom stereocenters. The maximum Gasteiger partial charge on any atom is 0.222 e. The van der Waals surface area contributed by atoms with E-state index >= 15 is 0 Å². The zero-order chi connectivity index (χ0) is 11.5. The molecule has 1 aromatic rings. The second-order valence-corrected chi connectivity index (χ2v) is 5.06. The summed E-state index contributed by atoms with van der Waals surface area (Å²) in [7, 11) is 0. The molecule has 1 aliphatic rings. The Kier molecular flexibility index (Phi) is 3.64. The molecule has 0 spiro atoms. The van der Waals surface area contributed by atoms with Crippen LogP contribution in [0, 0.1) is 0 Å². The average molecular weight is 282 g/mol. The predicted molar refractivity (Wildman–Crippen MR) is 68.4 cm³/mol. The van der Waals surface area contributed by atoms with Gasteiger partial charge in [0.15, 0.2) is 0 Å². The van der Waals surface area contributed by atoms with Gasteiger partial charge in [-0.3, -0.25) is 4.79 Å². The molecule has 2 nitrogen and oxygen atoms in total. The SMILES string of the molecule is CCC(=O)N1CCc2ccc(Br)cc2CC1. The van der Waals surface area contributed by atoms with Crippen molar-refractivity contribution in [3.63, 3.8) is 0 Å². The van der Waals surface area contributed by atoms with Crippen molar-refractivity contribution in [1.29, 1.82) is 0 Å². The fourth-order valence-corrected chi connectivity index (χ4v) is 2.58. The van der Waals surface area contributed by atoms with Crippen molar-refractivity contribution in [2.45, 2.75) is 26.2 Å². The number of nitrogens with zero attached hydrogens (tertiary/aromatic N) is 1. The van der Waals surface area contributed by atoms with Crippen molar-refractivity contribution in [2.75, 3.05) is 13.1 Å². The quantitative estimate of drug-likeness (QED) is 0.775. The van der Waals surface area contributed by atoms with Crippen molar-refractivity contribution >= 4 is 21.8 Å². The highest BCUT2D eigenvalue weighted by atomic mass is 79.9. The van der Waals surface area contributed by atoms with Crippen LogP contribution >= 0.6 is 15.9 Å². The number of rotatable bonds is 1. The Morgan fingerprint density at radius 2 is 2.00 bits per heavy atom. The maximum atomic E-state index is 11.7. The molecule has 0 saturated heterocycles. The summed E-state index contributed by atoms with van der Waals surface area (Å²) in [6.45, 7) is 3.65. The third kappa shape index (κ3) is 2.46. The lowest BCUT2D eigenvalue weighted by atomic mass is 10.0. The number of benzene rings is 1. The fourth-order valence-electron chi connectivity index (χ4n) is 2.17. The summed E-state index contributed by atoms with van der Waals surface area (Å²) < 4.78 is 1.13. The summed E-state index contributed by atoms with van der Waals surface area (Å²) in [4.78, 5) is 13.6. The number of carbonyl (C=O) groups excluding carboxylic acids is 1. The molecule has 1 heterocycles. The normalized spacial score (nSPS) is 15.5. The summed E-state index contributed by atoms with van der Waals surface area (Å²) in [5, 5.41) is 0. The Hall–Kier alpha value is -0.830. The number of halogens is 1. The first-order valence-electron chi connectivity index (χ1n) is 5.75. The molecule has 1 aliphatic heterocycles. The molecule has 0 N–H and O–H groups in total. The second kappa shape index (κ2) is 5.00. The average Bonchev–Trinajstić information content (AvgIpc) is 2.50. The van der Waals surface area contributed by atoms with E-state index < -0.39 is 0 Å². The molecule has 0 radical (unpaired) electrons. The van der Waals surface area contributed by atoms with Crippen molar-refractivity contribution in [3.8, 4) is 0 Å². The van der Waals surface area contributed by atoms with Crippen LogP contribution in [0.4, 0.5) is 0 Å². The van der Waals surface area contributed by atoms with E-state index in [1.54, 1.807) is 0 Å². The van der Waals surface area contributed by atoms with Crippen LogP contribution in [0.3, 0.4) is 0 Å². The van der Waals surface area contributed by atoms with Crippen LogP contribution in [0.5, 0.6) is 0 Å². The minimum atomic E-state index is 0.270. The highest BCUT2D eigenvalue weighted by Gasteiger charge is 2.16. The van der Waals surface area contributed by atoms with Gasteiger partial charge in [0.2, 0.25) is 5.91 Å². The molecule has 0 aliphatic carbocycles. The van der Waals surface area contributed by atoms with Gasteiger partial charge >= 0.3 is 0 Å². The van der Waals surface area contributed by atoms with E-state index in [1.807, 2.05) is 11.8 Å². The lowest BCUT2D eigenvalue weighted by molar-refractivity contribution is -0.130. The van der Waals surface area contributed by atoms with Gasteiger partial charge in [-0.2, -0.15) is 0 Å². The zero-order valence-electron chi connectivity index (χ0n) is 9.50. The fraction of sp³-hybridized carbons (Fsp3) is 0.462. The van der Waals surface area contributed by atoms with Crippen molar-refractivity contribution in [2.24, 2.45) is 0 Å². The van der Waals surface area contributed by atoms with Crippen LogP contribution in [0.15, 0.2) is 22.7 Å². The number of carbonyl (C=O) groups is 1. The van der Waals surface area contributed by atoms with Gasteiger partial charge in [0, 0.05) is 24.0 Å². The second-order valence-electron chi connectivity index (χ2n) is 4.15. The van der Waals surface area contributed by atoms with Gasteiger partial charge in [-0.1, -0.05) is 28.9 Å². The lowest BCUT2D eigenvalue weighted by Crippen LogP contribution is -2.32. The van der Waals surface area contributed by atoms with E-state index in [4.69, 9.17) is 0 Å². The molecule has 0 fully saturated rings. The molecule has 0 unspecified atom stereocenters. The van der Waals surface area contributed by atoms with Gasteiger partial charge in [-0.25, -0.2) is 0 Å². The molecule has 16 heavy (non-hydrogen) atoms. The van der Waals surface area contributed by atoms with Gasteiger partial charge in [-0.15, -0.1) is 0 Å². The van der Waals surface area contributed by atoms with E-state index in [0.29, 0.717) is 6.42 Å². The third-order valence-corrected chi connectivity index (χ3v) is 3.62. The van der Waals surface area contributed by atoms with Gasteiger partial charge in [0.25, 0.3) is 0 Å². The summed E-state index contributed by atoms with van der Waals surface area (Å²) in [5.41, 5.74) is 2.76. The number of hydrogen-bond donors (Lipinski definition) is 0. The van der Waals surface area contributed by atoms with E-state index in [-0.39, 0.29) is 5.91 Å². The minimum Gasteiger partial charge on any atom is -0.342 e. The lowest BCUT2D eigenvalue weighted by Gasteiger charge is -2.19. The van der Waals surface area contributed by atoms with Crippen molar-refractivity contribution < 1.29 is 4.79 Å². The zero-order valence-corrected chi connectivity index (χ0v) is 11.1. The number of hydrogen-bond acceptors (Lipinski definition) is 1. The third-order valence-electron chi connectivity index (χ3n) is 3.13. The van der Waals surface area contributed by atoms with Crippen LogP contribution in [0.2, 0.25) is 0 Å². The van der Waals surface area contributed by atoms with E-state index in [1.165, 1.54) is 11.1 Å². The van der Waals surface area contributed by atoms with Crippen LogP contribution in [-0.4, -0.2) is 23.9 Å². The monoisotopic (exact) mass is 281 g/mol. The smallest absolute Gasteiger partial charge is 0.222 e. The molecule has 0 saturated carbocycles. The Morgan fingerprint density at radius 1 is 1.31 bits per heavy atom. The molecule has 86 valence electrons. The molecular formula is C13H16BrNO. The first-order chi connectivity index (χ1) is 7.70. The minimum absolute atomic E-state index is 0.270. The molecule has 3 heteroatoms. The summed E-state index contributed by atoms with van der Waals surface area (Å²) in [5.74, 6) is 0.270. The number of fused-ring (bicyclic) bond motifs is 1. The molecule has 1 amide bonds. The largest absolute Gasteiger partial charge is 0.342 e. The van der Waals surface area contributed by atoms with Gasteiger partial charge in [0.05, 0.1) is 0 Å². The van der Waals surface area contributed by atoms with Crippen molar-refractivity contribution in [1.82, 2.24) is 4.90 Å². The molecule has 1 aromatic carbocycles. The van der Waals surface area contributed by atoms with Crippen LogP contribution in [0.25, 0.3) is 0 Å². The van der Waals surface area contributed by atoms with Crippen LogP contribution < -0.4 is 0 Å². The maximum absolute atomic E-state index is 11.7. The summed E-state index contributed by atoms with van der Waals surface area (Å²) >= 11 is 3.49. The summed E-state index contributed by atoms with van der Waals surface area (Å²) in [6.07, 6.45) is 2.56. The van der Waals surface area contributed by atoms with E-state index in [2.05, 4.69) is 34.1 Å². The highest BCUT2D eigenvalue weighted by molar-refractivity contribution is 9.10. The van der Waals surface area contributed by atoms with Crippen LogP contribution in [0.1, 0.15) is 24.5 Å². The number of amides is 1. The Balaban J connectivity index is 2.15. The molecule has 0 aromatic heterocycles. The standard InChI is InChI=1S/C13H16BrNO/c1-2-13(16)15-7-5-10-3-4-12(14)9-11(10)6-8-15/h3-4,9H,2,5-8H2,1H3. The first-order valence-corrected chi connectivity index (χ1v) is 6.55. The molecule has 0 bridgehead atoms. The van der Waals surface area contributed by atoms with Gasteiger partial charge in [0.1, 0.15) is 0 Å².